The molecule has 1 N–H and O–H groups in total. The van der Waals surface area contributed by atoms with Crippen LogP contribution in [0.2, 0.25) is 0 Å². The zero-order valence-electron chi connectivity index (χ0n) is 18.2. The van der Waals surface area contributed by atoms with Gasteiger partial charge in [-0.05, 0) is 43.6 Å². The first-order valence-corrected chi connectivity index (χ1v) is 11.9. The third kappa shape index (κ3) is 4.97. The highest BCUT2D eigenvalue weighted by Crippen LogP contribution is 2.39. The van der Waals surface area contributed by atoms with Crippen molar-refractivity contribution in [2.24, 2.45) is 5.92 Å². The summed E-state index contributed by atoms with van der Waals surface area (Å²) in [5, 5.41) is 11.8. The van der Waals surface area contributed by atoms with Gasteiger partial charge in [0.2, 0.25) is 0 Å². The van der Waals surface area contributed by atoms with Gasteiger partial charge in [-0.3, -0.25) is 0 Å². The molecular weight excluding hydrogens is 366 g/mol. The Kier molecular flexibility index (Phi) is 6.93. The summed E-state index contributed by atoms with van der Waals surface area (Å²) in [6.07, 6.45) is 9.73. The molecule has 4 rings (SSSR count). The van der Waals surface area contributed by atoms with E-state index in [4.69, 9.17) is 0 Å². The van der Waals surface area contributed by atoms with Gasteiger partial charge in [0.1, 0.15) is 13.1 Å². The van der Waals surface area contributed by atoms with Crippen LogP contribution < -0.4 is 0 Å². The molecule has 1 saturated heterocycles. The highest BCUT2D eigenvalue weighted by molar-refractivity contribution is 5.33. The smallest absolute Gasteiger partial charge is 0.153 e. The van der Waals surface area contributed by atoms with Gasteiger partial charge in [0.15, 0.2) is 5.60 Å². The zero-order chi connectivity index (χ0) is 20.7. The molecule has 2 aromatic rings. The quantitative estimate of drug-likeness (QED) is 0.505. The lowest BCUT2D eigenvalue weighted by molar-refractivity contribution is -0.938. The molecule has 0 unspecified atom stereocenters. The van der Waals surface area contributed by atoms with Crippen LogP contribution in [0.15, 0.2) is 60.7 Å². The van der Waals surface area contributed by atoms with E-state index in [1.54, 1.807) is 0 Å². The van der Waals surface area contributed by atoms with E-state index in [1.807, 2.05) is 18.2 Å². The van der Waals surface area contributed by atoms with Crippen LogP contribution in [0.5, 0.6) is 0 Å². The van der Waals surface area contributed by atoms with E-state index >= 15 is 0 Å². The molecule has 0 radical (unpaired) electrons. The Morgan fingerprint density at radius 1 is 0.800 bits per heavy atom. The third-order valence-corrected chi connectivity index (χ3v) is 7.23. The Bertz CT molecular complexity index is 838. The number of benzene rings is 2. The van der Waals surface area contributed by atoms with Crippen molar-refractivity contribution in [1.82, 2.24) is 0 Å². The molecule has 2 fully saturated rings. The maximum atomic E-state index is 11.8. The van der Waals surface area contributed by atoms with E-state index in [1.165, 1.54) is 57.2 Å². The van der Waals surface area contributed by atoms with Gasteiger partial charge < -0.3 is 9.59 Å². The van der Waals surface area contributed by atoms with Crippen LogP contribution in [-0.2, 0) is 12.1 Å². The first-order chi connectivity index (χ1) is 14.7. The lowest BCUT2D eigenvalue weighted by Gasteiger charge is -2.40. The molecule has 0 spiro atoms. The van der Waals surface area contributed by atoms with E-state index in [-0.39, 0.29) is 5.92 Å². The van der Waals surface area contributed by atoms with E-state index in [0.717, 1.165) is 36.0 Å². The first kappa shape index (κ1) is 21.2. The summed E-state index contributed by atoms with van der Waals surface area (Å²) in [6.45, 7) is 4.26. The molecule has 1 heterocycles. The second-order valence-corrected chi connectivity index (χ2v) is 9.42. The molecule has 1 saturated carbocycles. The molecule has 0 aromatic heterocycles. The average Bonchev–Trinajstić information content (AvgIpc) is 2.81. The fourth-order valence-corrected chi connectivity index (χ4v) is 5.49. The molecule has 1 aliphatic carbocycles. The van der Waals surface area contributed by atoms with Gasteiger partial charge in [-0.2, -0.15) is 0 Å². The van der Waals surface area contributed by atoms with Crippen molar-refractivity contribution in [2.45, 2.75) is 63.5 Å². The number of rotatable bonds is 5. The van der Waals surface area contributed by atoms with Crippen molar-refractivity contribution in [3.8, 4) is 11.8 Å². The van der Waals surface area contributed by atoms with Gasteiger partial charge in [0, 0.05) is 11.5 Å². The average molecular weight is 403 g/mol. The lowest BCUT2D eigenvalue weighted by Crippen LogP contribution is -2.51. The number of nitrogens with zero attached hydrogens (tertiary/aromatic N) is 1. The number of hydrogen-bond acceptors (Lipinski definition) is 1. The summed E-state index contributed by atoms with van der Waals surface area (Å²) in [4.78, 5) is 0. The van der Waals surface area contributed by atoms with Crippen molar-refractivity contribution in [2.75, 3.05) is 19.6 Å². The van der Waals surface area contributed by atoms with Crippen molar-refractivity contribution in [1.29, 1.82) is 0 Å². The van der Waals surface area contributed by atoms with Gasteiger partial charge in [0.05, 0.1) is 13.1 Å². The molecule has 1 atom stereocenters. The number of likely N-dealkylation sites (tertiary alicyclic amines) is 1. The van der Waals surface area contributed by atoms with Gasteiger partial charge in [-0.1, -0.05) is 85.8 Å². The monoisotopic (exact) mass is 402 g/mol. The minimum atomic E-state index is -1.02. The van der Waals surface area contributed by atoms with Crippen LogP contribution >= 0.6 is 0 Å². The first-order valence-electron chi connectivity index (χ1n) is 11.9. The lowest BCUT2D eigenvalue weighted by atomic mass is 9.73. The SMILES string of the molecule is O[C@](C#CC[N+]1(Cc2ccccc2)CCCCC1)(c1ccccc1)C1CCCCC1. The third-order valence-electron chi connectivity index (χ3n) is 7.23. The van der Waals surface area contributed by atoms with Crippen molar-refractivity contribution in [3.05, 3.63) is 71.8 Å². The molecule has 0 bridgehead atoms. The minimum absolute atomic E-state index is 0.241. The number of hydrogen-bond donors (Lipinski definition) is 1. The summed E-state index contributed by atoms with van der Waals surface area (Å²) in [5.41, 5.74) is 1.35. The fraction of sp³-hybridized carbons (Fsp3) is 0.500. The Labute approximate surface area is 182 Å². The van der Waals surface area contributed by atoms with Crippen LogP contribution in [0.25, 0.3) is 0 Å². The Morgan fingerprint density at radius 3 is 2.07 bits per heavy atom. The van der Waals surface area contributed by atoms with Crippen LogP contribution in [0.3, 0.4) is 0 Å². The van der Waals surface area contributed by atoms with E-state index in [0.29, 0.717) is 0 Å². The van der Waals surface area contributed by atoms with E-state index in [2.05, 4.69) is 54.3 Å². The molecule has 158 valence electrons. The predicted molar refractivity (Wildman–Crippen MR) is 124 cm³/mol. The molecule has 0 amide bonds. The summed E-state index contributed by atoms with van der Waals surface area (Å²) in [7, 11) is 0. The minimum Gasteiger partial charge on any atom is -0.373 e. The molecular formula is C28H36NO+. The fourth-order valence-electron chi connectivity index (χ4n) is 5.49. The van der Waals surface area contributed by atoms with Gasteiger partial charge in [-0.15, -0.1) is 0 Å². The Morgan fingerprint density at radius 2 is 1.40 bits per heavy atom. The Balaban J connectivity index is 1.59. The van der Waals surface area contributed by atoms with Crippen molar-refractivity contribution < 1.29 is 9.59 Å². The summed E-state index contributed by atoms with van der Waals surface area (Å²) < 4.78 is 1.03. The predicted octanol–water partition coefficient (Wildman–Crippen LogP) is 5.66. The second kappa shape index (κ2) is 9.82. The highest BCUT2D eigenvalue weighted by Gasteiger charge is 2.38. The normalized spacial score (nSPS) is 21.2. The molecule has 2 aliphatic rings. The summed E-state index contributed by atoms with van der Waals surface area (Å²) >= 11 is 0. The maximum absolute atomic E-state index is 11.8. The number of piperidine rings is 1. The summed E-state index contributed by atoms with van der Waals surface area (Å²) in [6, 6.07) is 21.0. The van der Waals surface area contributed by atoms with Crippen LogP contribution in [0.1, 0.15) is 62.5 Å². The van der Waals surface area contributed by atoms with Crippen LogP contribution in [0, 0.1) is 17.8 Å². The summed E-state index contributed by atoms with van der Waals surface area (Å²) in [5.74, 6) is 7.20. The maximum Gasteiger partial charge on any atom is 0.153 e. The van der Waals surface area contributed by atoms with Crippen molar-refractivity contribution >= 4 is 0 Å². The van der Waals surface area contributed by atoms with E-state index < -0.39 is 5.60 Å². The van der Waals surface area contributed by atoms with Gasteiger partial charge >= 0.3 is 0 Å². The molecule has 30 heavy (non-hydrogen) atoms. The largest absolute Gasteiger partial charge is 0.373 e. The van der Waals surface area contributed by atoms with Gasteiger partial charge in [0.25, 0.3) is 0 Å². The zero-order valence-corrected chi connectivity index (χ0v) is 18.2. The highest BCUT2D eigenvalue weighted by atomic mass is 16.3. The molecule has 2 aromatic carbocycles. The topological polar surface area (TPSA) is 20.2 Å². The van der Waals surface area contributed by atoms with Crippen LogP contribution in [0.4, 0.5) is 0 Å². The Hall–Kier alpha value is -2.08. The molecule has 2 heteroatoms. The molecule has 2 nitrogen and oxygen atoms in total. The second-order valence-electron chi connectivity index (χ2n) is 9.42. The number of quaternary nitrogens is 1. The molecule has 1 aliphatic heterocycles. The van der Waals surface area contributed by atoms with Crippen molar-refractivity contribution in [3.63, 3.8) is 0 Å². The number of aliphatic hydroxyl groups is 1. The van der Waals surface area contributed by atoms with E-state index in [9.17, 15) is 5.11 Å². The van der Waals surface area contributed by atoms with Crippen LogP contribution in [-0.4, -0.2) is 29.2 Å². The van der Waals surface area contributed by atoms with Gasteiger partial charge in [-0.25, -0.2) is 0 Å². The standard InChI is InChI=1S/C28H36NO/c30-28(26-16-7-2-8-17-26,27-18-9-3-10-19-27)20-13-23-29(21-11-4-12-22-29)24-25-14-5-1-6-15-25/h1-2,5-8,14-17,27,30H,3-4,9-12,18-19,21-24H2/q+1/t28-/m1/s1.